The molecule has 1 aliphatic rings. The van der Waals surface area contributed by atoms with E-state index in [2.05, 4.69) is 17.0 Å². The standard InChI is InChI=1S/C17H26N2O3/c1-17(2,3)22-16(21)19-10-8-18(9-11-19)15-6-4-5-14(13-15)7-12-20/h4-6,13,20H,7-12H2,1-3H3. The minimum atomic E-state index is -0.452. The molecule has 5 nitrogen and oxygen atoms in total. The van der Waals surface area contributed by atoms with E-state index in [0.717, 1.165) is 24.3 Å². The fourth-order valence-corrected chi connectivity index (χ4v) is 2.51. The largest absolute Gasteiger partial charge is 0.444 e. The first-order valence-electron chi connectivity index (χ1n) is 7.82. The van der Waals surface area contributed by atoms with E-state index in [1.807, 2.05) is 32.9 Å². The zero-order valence-electron chi connectivity index (χ0n) is 13.7. The van der Waals surface area contributed by atoms with E-state index in [-0.39, 0.29) is 12.7 Å². The molecule has 1 aromatic carbocycles. The number of amides is 1. The van der Waals surface area contributed by atoms with E-state index >= 15 is 0 Å². The first kappa shape index (κ1) is 16.6. The summed E-state index contributed by atoms with van der Waals surface area (Å²) in [5.41, 5.74) is 1.83. The Bertz CT molecular complexity index is 503. The van der Waals surface area contributed by atoms with Gasteiger partial charge in [0.2, 0.25) is 0 Å². The van der Waals surface area contributed by atoms with E-state index in [9.17, 15) is 4.79 Å². The number of nitrogens with zero attached hydrogens (tertiary/aromatic N) is 2. The van der Waals surface area contributed by atoms with Crippen LogP contribution in [0, 0.1) is 0 Å². The van der Waals surface area contributed by atoms with Crippen LogP contribution in [0.3, 0.4) is 0 Å². The molecule has 1 aromatic rings. The molecule has 0 aliphatic carbocycles. The van der Waals surface area contributed by atoms with Gasteiger partial charge in [0.25, 0.3) is 0 Å². The monoisotopic (exact) mass is 306 g/mol. The molecule has 1 heterocycles. The maximum absolute atomic E-state index is 12.1. The van der Waals surface area contributed by atoms with Crippen molar-refractivity contribution < 1.29 is 14.6 Å². The van der Waals surface area contributed by atoms with Gasteiger partial charge in [0.05, 0.1) is 0 Å². The Hall–Kier alpha value is -1.75. The number of aliphatic hydroxyl groups excluding tert-OH is 1. The van der Waals surface area contributed by atoms with Crippen LogP contribution in [-0.4, -0.2) is 54.5 Å². The molecule has 22 heavy (non-hydrogen) atoms. The van der Waals surface area contributed by atoms with E-state index in [4.69, 9.17) is 9.84 Å². The molecule has 5 heteroatoms. The van der Waals surface area contributed by atoms with Crippen molar-refractivity contribution in [2.24, 2.45) is 0 Å². The summed E-state index contributed by atoms with van der Waals surface area (Å²) in [7, 11) is 0. The zero-order chi connectivity index (χ0) is 16.2. The average molecular weight is 306 g/mol. The summed E-state index contributed by atoms with van der Waals surface area (Å²) in [5, 5.41) is 9.04. The number of aliphatic hydroxyl groups is 1. The summed E-state index contributed by atoms with van der Waals surface area (Å²) < 4.78 is 5.41. The number of benzene rings is 1. The summed E-state index contributed by atoms with van der Waals surface area (Å²) >= 11 is 0. The van der Waals surface area contributed by atoms with Crippen molar-refractivity contribution in [2.45, 2.75) is 32.8 Å². The summed E-state index contributed by atoms with van der Waals surface area (Å²) in [5.74, 6) is 0. The number of carbonyl (C=O) groups excluding carboxylic acids is 1. The van der Waals surface area contributed by atoms with Gasteiger partial charge in [-0.25, -0.2) is 4.79 Å². The van der Waals surface area contributed by atoms with Gasteiger partial charge < -0.3 is 19.6 Å². The lowest BCUT2D eigenvalue weighted by atomic mass is 10.1. The van der Waals surface area contributed by atoms with Gasteiger partial charge in [-0.2, -0.15) is 0 Å². The Morgan fingerprint density at radius 2 is 1.91 bits per heavy atom. The quantitative estimate of drug-likeness (QED) is 0.931. The molecule has 0 bridgehead atoms. The highest BCUT2D eigenvalue weighted by molar-refractivity contribution is 5.68. The van der Waals surface area contributed by atoms with Gasteiger partial charge in [0.15, 0.2) is 0 Å². The van der Waals surface area contributed by atoms with E-state index < -0.39 is 5.60 Å². The predicted molar refractivity (Wildman–Crippen MR) is 87.3 cm³/mol. The van der Waals surface area contributed by atoms with Crippen LogP contribution in [-0.2, 0) is 11.2 Å². The van der Waals surface area contributed by atoms with Gasteiger partial charge in [0, 0.05) is 38.5 Å². The van der Waals surface area contributed by atoms with Gasteiger partial charge in [-0.05, 0) is 44.9 Å². The molecule has 0 spiro atoms. The van der Waals surface area contributed by atoms with Crippen LogP contribution in [0.25, 0.3) is 0 Å². The molecule has 1 N–H and O–H groups in total. The minimum absolute atomic E-state index is 0.163. The van der Waals surface area contributed by atoms with Crippen LogP contribution in [0.4, 0.5) is 10.5 Å². The van der Waals surface area contributed by atoms with Crippen molar-refractivity contribution in [1.82, 2.24) is 4.90 Å². The number of ether oxygens (including phenoxy) is 1. The topological polar surface area (TPSA) is 53.0 Å². The smallest absolute Gasteiger partial charge is 0.410 e. The van der Waals surface area contributed by atoms with Crippen molar-refractivity contribution in [1.29, 1.82) is 0 Å². The Morgan fingerprint density at radius 3 is 2.50 bits per heavy atom. The van der Waals surface area contributed by atoms with Crippen molar-refractivity contribution >= 4 is 11.8 Å². The molecule has 2 rings (SSSR count). The molecule has 1 saturated heterocycles. The number of anilines is 1. The predicted octanol–water partition coefficient (Wildman–Crippen LogP) is 2.28. The lowest BCUT2D eigenvalue weighted by Gasteiger charge is -2.36. The minimum Gasteiger partial charge on any atom is -0.444 e. The number of hydrogen-bond acceptors (Lipinski definition) is 4. The van der Waals surface area contributed by atoms with Gasteiger partial charge >= 0.3 is 6.09 Å². The lowest BCUT2D eigenvalue weighted by molar-refractivity contribution is 0.0240. The summed E-state index contributed by atoms with van der Waals surface area (Å²) in [4.78, 5) is 16.1. The maximum atomic E-state index is 12.1. The van der Waals surface area contributed by atoms with Crippen LogP contribution < -0.4 is 4.90 Å². The highest BCUT2D eigenvalue weighted by Crippen LogP contribution is 2.19. The third-order valence-electron chi connectivity index (χ3n) is 3.61. The summed E-state index contributed by atoms with van der Waals surface area (Å²) in [6.45, 7) is 8.73. The van der Waals surface area contributed by atoms with Crippen LogP contribution in [0.5, 0.6) is 0 Å². The Kier molecular flexibility index (Phi) is 5.29. The van der Waals surface area contributed by atoms with Crippen LogP contribution in [0.2, 0.25) is 0 Å². The zero-order valence-corrected chi connectivity index (χ0v) is 13.7. The lowest BCUT2D eigenvalue weighted by Crippen LogP contribution is -2.50. The van der Waals surface area contributed by atoms with E-state index in [0.29, 0.717) is 19.5 Å². The fraction of sp³-hybridized carbons (Fsp3) is 0.588. The number of piperazine rings is 1. The highest BCUT2D eigenvalue weighted by atomic mass is 16.6. The second kappa shape index (κ2) is 7.01. The fourth-order valence-electron chi connectivity index (χ4n) is 2.51. The Balaban J connectivity index is 1.92. The molecule has 0 unspecified atom stereocenters. The normalized spacial score (nSPS) is 15.8. The second-order valence-electron chi connectivity index (χ2n) is 6.60. The molecular formula is C17H26N2O3. The SMILES string of the molecule is CC(C)(C)OC(=O)N1CCN(c2cccc(CCO)c2)CC1. The van der Waals surface area contributed by atoms with Crippen molar-refractivity contribution in [2.75, 3.05) is 37.7 Å². The second-order valence-corrected chi connectivity index (χ2v) is 6.60. The number of hydrogen-bond donors (Lipinski definition) is 1. The molecule has 0 saturated carbocycles. The van der Waals surface area contributed by atoms with E-state index in [1.54, 1.807) is 4.90 Å². The molecule has 1 aliphatic heterocycles. The Morgan fingerprint density at radius 1 is 1.23 bits per heavy atom. The maximum Gasteiger partial charge on any atom is 0.410 e. The molecule has 0 atom stereocenters. The first-order chi connectivity index (χ1) is 10.4. The van der Waals surface area contributed by atoms with Gasteiger partial charge in [-0.15, -0.1) is 0 Å². The number of carbonyl (C=O) groups is 1. The van der Waals surface area contributed by atoms with Gasteiger partial charge in [-0.1, -0.05) is 12.1 Å². The third-order valence-corrected chi connectivity index (χ3v) is 3.61. The molecule has 0 radical (unpaired) electrons. The first-order valence-corrected chi connectivity index (χ1v) is 7.82. The van der Waals surface area contributed by atoms with Crippen molar-refractivity contribution in [3.05, 3.63) is 29.8 Å². The summed E-state index contributed by atoms with van der Waals surface area (Å²) in [6, 6.07) is 8.22. The molecule has 1 fully saturated rings. The summed E-state index contributed by atoms with van der Waals surface area (Å²) in [6.07, 6.45) is 0.437. The molecule has 0 aromatic heterocycles. The molecule has 1 amide bonds. The van der Waals surface area contributed by atoms with Crippen LogP contribution >= 0.6 is 0 Å². The highest BCUT2D eigenvalue weighted by Gasteiger charge is 2.25. The molecular weight excluding hydrogens is 280 g/mol. The average Bonchev–Trinajstić information content (AvgIpc) is 2.46. The van der Waals surface area contributed by atoms with Crippen molar-refractivity contribution in [3.8, 4) is 0 Å². The third kappa shape index (κ3) is 4.63. The van der Waals surface area contributed by atoms with Crippen molar-refractivity contribution in [3.63, 3.8) is 0 Å². The molecule has 122 valence electrons. The van der Waals surface area contributed by atoms with Crippen LogP contribution in [0.1, 0.15) is 26.3 Å². The Labute approximate surface area is 132 Å². The number of rotatable bonds is 3. The van der Waals surface area contributed by atoms with Gasteiger partial charge in [-0.3, -0.25) is 0 Å². The van der Waals surface area contributed by atoms with Crippen LogP contribution in [0.15, 0.2) is 24.3 Å². The van der Waals surface area contributed by atoms with E-state index in [1.165, 1.54) is 0 Å². The van der Waals surface area contributed by atoms with Gasteiger partial charge in [0.1, 0.15) is 5.60 Å².